The first kappa shape index (κ1) is 33.6. The molecule has 2 bridgehead atoms. The molecule has 0 aromatic heterocycles. The van der Waals surface area contributed by atoms with Gasteiger partial charge < -0.3 is 24.4 Å². The van der Waals surface area contributed by atoms with E-state index in [1.54, 1.807) is 30.0 Å². The minimum Gasteiger partial charge on any atom is -0.490 e. The highest BCUT2D eigenvalue weighted by molar-refractivity contribution is 7.90. The van der Waals surface area contributed by atoms with Gasteiger partial charge in [-0.2, -0.15) is 0 Å². The number of carbonyl (C=O) groups is 2. The molecule has 3 heterocycles. The molecule has 5 aliphatic rings. The van der Waals surface area contributed by atoms with Crippen molar-refractivity contribution < 1.29 is 32.6 Å². The predicted octanol–water partition coefficient (Wildman–Crippen LogP) is 4.31. The maximum atomic E-state index is 13.6. The number of aryl methyl sites for hydroxylation is 1. The van der Waals surface area contributed by atoms with Crippen LogP contribution >= 0.6 is 11.6 Å². The number of aliphatic hydroxyl groups is 1. The van der Waals surface area contributed by atoms with Gasteiger partial charge in [0.2, 0.25) is 15.9 Å². The zero-order valence-electron chi connectivity index (χ0n) is 27.7. The highest BCUT2D eigenvalue weighted by Gasteiger charge is 2.45. The van der Waals surface area contributed by atoms with Crippen molar-refractivity contribution in [2.45, 2.75) is 81.6 Å². The van der Waals surface area contributed by atoms with Gasteiger partial charge in [0.15, 0.2) is 0 Å². The minimum absolute atomic E-state index is 0.0227. The number of carbonyl (C=O) groups excluding carboxylic acids is 2. The summed E-state index contributed by atoms with van der Waals surface area (Å²) in [5.74, 6) is -0.354. The summed E-state index contributed by atoms with van der Waals surface area (Å²) in [6.45, 7) is 5.97. The Morgan fingerprint density at radius 1 is 1.08 bits per heavy atom. The average molecular weight is 700 g/mol. The summed E-state index contributed by atoms with van der Waals surface area (Å²) in [5, 5.41) is 11.6. The third kappa shape index (κ3) is 6.32. The van der Waals surface area contributed by atoms with Crippen LogP contribution in [0.4, 0.5) is 5.69 Å². The Bertz CT molecular complexity index is 1690. The number of aliphatic hydroxyl groups excluding tert-OH is 1. The first-order valence-corrected chi connectivity index (χ1v) is 19.3. The fourth-order valence-corrected chi connectivity index (χ4v) is 10.3. The van der Waals surface area contributed by atoms with Gasteiger partial charge in [-0.05, 0) is 111 Å². The van der Waals surface area contributed by atoms with Crippen molar-refractivity contribution in [2.24, 2.45) is 17.8 Å². The number of morpholine rings is 1. The number of rotatable bonds is 1. The van der Waals surface area contributed by atoms with Crippen molar-refractivity contribution in [3.8, 4) is 5.75 Å². The van der Waals surface area contributed by atoms with Crippen LogP contribution in [0.5, 0.6) is 5.75 Å². The molecule has 2 amide bonds. The number of hydrogen-bond donors (Lipinski definition) is 2. The molecule has 1 saturated carbocycles. The van der Waals surface area contributed by atoms with E-state index in [0.29, 0.717) is 56.5 Å². The lowest BCUT2D eigenvalue weighted by Gasteiger charge is -2.47. The van der Waals surface area contributed by atoms with Gasteiger partial charge in [0.05, 0.1) is 30.3 Å². The van der Waals surface area contributed by atoms with Crippen molar-refractivity contribution in [3.63, 3.8) is 0 Å². The predicted molar refractivity (Wildman–Crippen MR) is 183 cm³/mol. The molecule has 2 aromatic carbocycles. The lowest BCUT2D eigenvalue weighted by atomic mass is 9.67. The number of nitrogens with one attached hydrogen (secondary N) is 1. The summed E-state index contributed by atoms with van der Waals surface area (Å²) in [6, 6.07) is 10.9. The SMILES string of the molecule is C[C@@H]1[C@@H](C)C[C@H](N2CCOCC2=O)C[C@@H](O)[C@@H]2CC[C@H]2CN2C[C@@]3(CCCc4cc(Cl)ccc43)COc3ccc(cc32)C(=O)NS1(=O)=O. The van der Waals surface area contributed by atoms with E-state index < -0.39 is 33.2 Å². The van der Waals surface area contributed by atoms with Crippen LogP contribution in [0.1, 0.15) is 73.9 Å². The number of halogens is 1. The first-order chi connectivity index (χ1) is 22.9. The normalized spacial score (nSPS) is 33.8. The van der Waals surface area contributed by atoms with Gasteiger partial charge in [0.25, 0.3) is 5.91 Å². The van der Waals surface area contributed by atoms with Crippen LogP contribution in [0, 0.1) is 17.8 Å². The molecule has 0 radical (unpaired) electrons. The summed E-state index contributed by atoms with van der Waals surface area (Å²) < 4.78 is 41.5. The molecule has 10 nitrogen and oxygen atoms in total. The molecule has 2 N–H and O–H groups in total. The molecule has 3 aliphatic heterocycles. The molecule has 2 aromatic rings. The third-order valence-electron chi connectivity index (χ3n) is 11.9. The maximum Gasteiger partial charge on any atom is 0.264 e. The topological polar surface area (TPSA) is 125 Å². The van der Waals surface area contributed by atoms with Gasteiger partial charge in [0.1, 0.15) is 12.4 Å². The Labute approximate surface area is 288 Å². The van der Waals surface area contributed by atoms with E-state index in [2.05, 4.69) is 21.8 Å². The summed E-state index contributed by atoms with van der Waals surface area (Å²) in [6.07, 6.45) is 4.79. The quantitative estimate of drug-likeness (QED) is 0.452. The largest absolute Gasteiger partial charge is 0.490 e. The van der Waals surface area contributed by atoms with E-state index >= 15 is 0 Å². The fraction of sp³-hybridized carbons (Fsp3) is 0.611. The van der Waals surface area contributed by atoms with Gasteiger partial charge in [-0.3, -0.25) is 9.59 Å². The van der Waals surface area contributed by atoms with Gasteiger partial charge in [-0.1, -0.05) is 24.6 Å². The number of hydrogen-bond acceptors (Lipinski definition) is 8. The van der Waals surface area contributed by atoms with Crippen LogP contribution in [0.2, 0.25) is 5.02 Å². The number of ether oxygens (including phenoxy) is 2. The minimum atomic E-state index is -4.07. The molecule has 1 saturated heterocycles. The van der Waals surface area contributed by atoms with Crippen molar-refractivity contribution in [1.29, 1.82) is 0 Å². The van der Waals surface area contributed by atoms with Crippen molar-refractivity contribution in [1.82, 2.24) is 9.62 Å². The van der Waals surface area contributed by atoms with Gasteiger partial charge in [-0.15, -0.1) is 0 Å². The van der Waals surface area contributed by atoms with Crippen molar-refractivity contribution >= 4 is 39.1 Å². The molecule has 7 atom stereocenters. The number of fused-ring (bicyclic) bond motifs is 4. The molecular formula is C36H46ClN3O7S. The smallest absolute Gasteiger partial charge is 0.264 e. The molecule has 2 aliphatic carbocycles. The van der Waals surface area contributed by atoms with E-state index in [1.165, 1.54) is 11.1 Å². The zero-order valence-corrected chi connectivity index (χ0v) is 29.3. The monoisotopic (exact) mass is 699 g/mol. The lowest BCUT2D eigenvalue weighted by Crippen LogP contribution is -2.53. The van der Waals surface area contributed by atoms with Gasteiger partial charge in [-0.25, -0.2) is 13.1 Å². The lowest BCUT2D eigenvalue weighted by molar-refractivity contribution is -0.147. The van der Waals surface area contributed by atoms with Crippen LogP contribution < -0.4 is 14.4 Å². The van der Waals surface area contributed by atoms with E-state index in [1.807, 2.05) is 13.0 Å². The third-order valence-corrected chi connectivity index (χ3v) is 14.0. The Morgan fingerprint density at radius 2 is 1.92 bits per heavy atom. The summed E-state index contributed by atoms with van der Waals surface area (Å²) in [5.41, 5.74) is 3.14. The van der Waals surface area contributed by atoms with Crippen LogP contribution in [0.3, 0.4) is 0 Å². The second kappa shape index (κ2) is 13.1. The molecule has 48 heavy (non-hydrogen) atoms. The number of amides is 2. The summed E-state index contributed by atoms with van der Waals surface area (Å²) >= 11 is 6.42. The number of anilines is 1. The maximum absolute atomic E-state index is 13.6. The van der Waals surface area contributed by atoms with E-state index in [4.69, 9.17) is 21.1 Å². The molecule has 12 heteroatoms. The average Bonchev–Trinajstić information content (AvgIpc) is 3.18. The fourth-order valence-electron chi connectivity index (χ4n) is 8.79. The second-order valence-corrected chi connectivity index (χ2v) is 17.3. The van der Waals surface area contributed by atoms with Crippen LogP contribution in [-0.2, 0) is 31.4 Å². The number of benzene rings is 2. The highest BCUT2D eigenvalue weighted by Crippen LogP contribution is 2.47. The van der Waals surface area contributed by atoms with E-state index in [9.17, 15) is 23.1 Å². The molecule has 2 fully saturated rings. The molecule has 7 rings (SSSR count). The van der Waals surface area contributed by atoms with E-state index in [0.717, 1.165) is 37.8 Å². The Kier molecular flexibility index (Phi) is 9.19. The van der Waals surface area contributed by atoms with Crippen LogP contribution in [-0.4, -0.2) is 87.1 Å². The Morgan fingerprint density at radius 3 is 2.69 bits per heavy atom. The van der Waals surface area contributed by atoms with Crippen LogP contribution in [0.15, 0.2) is 36.4 Å². The molecule has 1 spiro atoms. The molecule has 0 unspecified atom stereocenters. The van der Waals surface area contributed by atoms with Gasteiger partial charge >= 0.3 is 0 Å². The summed E-state index contributed by atoms with van der Waals surface area (Å²) in [4.78, 5) is 30.7. The Hall–Kier alpha value is -2.86. The van der Waals surface area contributed by atoms with Crippen LogP contribution in [0.25, 0.3) is 0 Å². The zero-order chi connectivity index (χ0) is 33.8. The standard InChI is InChI=1S/C36H46ClN3O7S/c1-22-14-28(40-12-13-46-19-34(40)42)17-32(41)29-8-5-26(29)18-39-20-36(11-3-4-24-15-27(37)7-9-30(24)36)21-47-33-10-6-25(16-31(33)39)35(43)38-48(44,45)23(22)2/h6-7,9-10,15-16,22-23,26,28-29,32,41H,3-5,8,11-14,17-21H2,1-2H3,(H,38,43)/t22-,23+,26-,28-,29+,32+,36-/m0/s1. The first-order valence-electron chi connectivity index (χ1n) is 17.4. The summed E-state index contributed by atoms with van der Waals surface area (Å²) in [7, 11) is -4.07. The number of sulfonamides is 1. The van der Waals surface area contributed by atoms with Gasteiger partial charge in [0, 0.05) is 41.7 Å². The van der Waals surface area contributed by atoms with Crippen molar-refractivity contribution in [3.05, 3.63) is 58.1 Å². The Balaban J connectivity index is 1.28. The molecular weight excluding hydrogens is 654 g/mol. The second-order valence-electron chi connectivity index (χ2n) is 14.8. The highest BCUT2D eigenvalue weighted by atomic mass is 35.5. The van der Waals surface area contributed by atoms with Crippen molar-refractivity contribution in [2.75, 3.05) is 44.4 Å². The number of nitrogens with zero attached hydrogens (tertiary/aromatic N) is 2. The van der Waals surface area contributed by atoms with E-state index in [-0.39, 0.29) is 41.4 Å². The molecule has 260 valence electrons.